The molecule has 1 unspecified atom stereocenters. The minimum atomic E-state index is -1.78. The van der Waals surface area contributed by atoms with Gasteiger partial charge < -0.3 is 31.1 Å². The monoisotopic (exact) mass is 489 g/mol. The van der Waals surface area contributed by atoms with Crippen LogP contribution >= 0.6 is 8.37 Å². The maximum Gasteiger partial charge on any atom is 0.321 e. The number of nitrogens with zero attached hydrogens (tertiary/aromatic N) is 6. The number of anilines is 1. The van der Waals surface area contributed by atoms with Gasteiger partial charge in [0.2, 0.25) is 26.2 Å². The molecule has 1 aliphatic rings. The fraction of sp³-hybridized carbons (Fsp3) is 0.263. The second kappa shape index (κ2) is 11.2. The molecule has 6 N–H and O–H groups in total. The van der Waals surface area contributed by atoms with Crippen LogP contribution in [0.2, 0.25) is 0 Å². The van der Waals surface area contributed by atoms with Gasteiger partial charge in [0, 0.05) is 12.4 Å². The topological polar surface area (TPSA) is 194 Å². The number of carboxylic acid groups (broad SMARTS) is 1. The number of rotatable bonds is 10. The van der Waals surface area contributed by atoms with E-state index in [1.165, 1.54) is 42.5 Å². The average Bonchev–Trinajstić information content (AvgIpc) is 2.82. The highest BCUT2D eigenvalue weighted by Crippen LogP contribution is 2.45. The van der Waals surface area contributed by atoms with Gasteiger partial charge in [-0.3, -0.25) is 9.59 Å². The second-order valence-electron chi connectivity index (χ2n) is 6.80. The molecular weight excluding hydrogens is 465 g/mol. The van der Waals surface area contributed by atoms with E-state index >= 15 is 0 Å². The van der Waals surface area contributed by atoms with Gasteiger partial charge in [-0.1, -0.05) is 0 Å². The van der Waals surface area contributed by atoms with Gasteiger partial charge in [0.1, 0.15) is 12.7 Å². The number of ether oxygens (including phenoxy) is 2. The van der Waals surface area contributed by atoms with E-state index in [1.54, 1.807) is 24.3 Å². The number of carbonyl (C=O) groups is 2. The molecule has 2 aromatic rings. The summed E-state index contributed by atoms with van der Waals surface area (Å²) in [4.78, 5) is 31.7. The Bertz CT molecular complexity index is 1090. The number of hydrazone groups is 1. The van der Waals surface area contributed by atoms with Gasteiger partial charge >= 0.3 is 5.97 Å². The zero-order chi connectivity index (χ0) is 24.7. The fourth-order valence-corrected chi connectivity index (χ4v) is 4.49. The molecule has 1 aliphatic heterocycles. The number of carbonyl (C=O) groups excluding carboxylic acids is 1. The number of nitrogens with one attached hydrogen (secondary N) is 1. The van der Waals surface area contributed by atoms with Crippen LogP contribution < -0.4 is 26.0 Å². The summed E-state index contributed by atoms with van der Waals surface area (Å²) < 4.78 is 16.3. The van der Waals surface area contributed by atoms with Crippen LogP contribution in [-0.2, 0) is 9.59 Å². The predicted octanol–water partition coefficient (Wildman–Crippen LogP) is 0.385. The van der Waals surface area contributed by atoms with Crippen molar-refractivity contribution in [2.24, 2.45) is 21.3 Å². The molecule has 1 aromatic heterocycles. The van der Waals surface area contributed by atoms with Crippen molar-refractivity contribution in [1.82, 2.24) is 19.6 Å². The van der Waals surface area contributed by atoms with Crippen LogP contribution in [0, 0.1) is 0 Å². The number of nitrogens with two attached hydrogens (primary N) is 2. The normalized spacial score (nSPS) is 17.2. The molecule has 0 saturated heterocycles. The molecule has 0 bridgehead atoms. The Morgan fingerprint density at radius 3 is 2.62 bits per heavy atom. The fourth-order valence-electron chi connectivity index (χ4n) is 2.92. The summed E-state index contributed by atoms with van der Waals surface area (Å²) in [7, 11) is 1.27. The first-order valence-electron chi connectivity index (χ1n) is 9.81. The lowest BCUT2D eigenvalue weighted by atomic mass is 10.2. The van der Waals surface area contributed by atoms with Gasteiger partial charge in [0.25, 0.3) is 0 Å². The number of methoxy groups -OCH3 is 2. The molecule has 0 radical (unpaired) electrons. The molecule has 34 heavy (non-hydrogen) atoms. The molecule has 0 fully saturated rings. The lowest BCUT2D eigenvalue weighted by Crippen LogP contribution is -2.51. The summed E-state index contributed by atoms with van der Waals surface area (Å²) in [5.74, 6) is -0.703. The third-order valence-corrected chi connectivity index (χ3v) is 6.23. The summed E-state index contributed by atoms with van der Waals surface area (Å²) in [5.41, 5.74) is 12.1. The number of guanidine groups is 1. The van der Waals surface area contributed by atoms with Crippen molar-refractivity contribution < 1.29 is 24.2 Å². The van der Waals surface area contributed by atoms with Crippen LogP contribution in [0.3, 0.4) is 0 Å². The first-order valence-corrected chi connectivity index (χ1v) is 11.1. The van der Waals surface area contributed by atoms with Crippen molar-refractivity contribution in [2.45, 2.75) is 12.5 Å². The molecule has 0 saturated carbocycles. The van der Waals surface area contributed by atoms with Crippen LogP contribution in [0.1, 0.15) is 12.0 Å². The van der Waals surface area contributed by atoms with E-state index < -0.39 is 32.7 Å². The van der Waals surface area contributed by atoms with E-state index in [9.17, 15) is 14.7 Å². The van der Waals surface area contributed by atoms with Crippen molar-refractivity contribution in [3.8, 4) is 11.5 Å². The predicted molar refractivity (Wildman–Crippen MR) is 125 cm³/mol. The van der Waals surface area contributed by atoms with Gasteiger partial charge in [0.05, 0.1) is 26.9 Å². The highest BCUT2D eigenvalue weighted by Gasteiger charge is 2.38. The zero-order valence-electron chi connectivity index (χ0n) is 18.4. The lowest BCUT2D eigenvalue weighted by Gasteiger charge is -2.38. The van der Waals surface area contributed by atoms with E-state index in [0.29, 0.717) is 17.1 Å². The van der Waals surface area contributed by atoms with E-state index in [4.69, 9.17) is 20.9 Å². The highest BCUT2D eigenvalue weighted by atomic mass is 31.1. The third kappa shape index (κ3) is 6.05. The van der Waals surface area contributed by atoms with Crippen LogP contribution in [0.4, 0.5) is 5.95 Å². The quantitative estimate of drug-likeness (QED) is 0.266. The molecule has 1 amide bonds. The Morgan fingerprint density at radius 2 is 2.00 bits per heavy atom. The smallest absolute Gasteiger partial charge is 0.321 e. The van der Waals surface area contributed by atoms with Crippen molar-refractivity contribution in [2.75, 3.05) is 26.0 Å². The van der Waals surface area contributed by atoms with Crippen molar-refractivity contribution >= 4 is 38.4 Å². The summed E-state index contributed by atoms with van der Waals surface area (Å²) >= 11 is 0. The summed E-state index contributed by atoms with van der Waals surface area (Å²) in [6.45, 7) is -0.0884. The molecule has 2 heterocycles. The largest absolute Gasteiger partial charge is 0.493 e. The van der Waals surface area contributed by atoms with Crippen LogP contribution in [0.5, 0.6) is 11.5 Å². The van der Waals surface area contributed by atoms with Gasteiger partial charge in [-0.25, -0.2) is 19.6 Å². The van der Waals surface area contributed by atoms with Gasteiger partial charge in [-0.15, -0.1) is 0 Å². The number of carboxylic acids is 1. The Morgan fingerprint density at radius 1 is 1.29 bits per heavy atom. The minimum Gasteiger partial charge on any atom is -0.493 e. The Hall–Kier alpha value is -4.03. The number of primary amides is 1. The second-order valence-corrected chi connectivity index (χ2v) is 8.31. The van der Waals surface area contributed by atoms with Crippen molar-refractivity contribution in [3.05, 3.63) is 42.2 Å². The summed E-state index contributed by atoms with van der Waals surface area (Å²) in [5, 5.41) is 18.4. The third-order valence-electron chi connectivity index (χ3n) is 4.54. The molecular formula is C19H24N9O5P. The Balaban J connectivity index is 1.90. The van der Waals surface area contributed by atoms with Gasteiger partial charge in [-0.2, -0.15) is 9.86 Å². The van der Waals surface area contributed by atoms with Crippen LogP contribution in [0.25, 0.3) is 0 Å². The molecule has 2 atom stereocenters. The SMILES string of the molecule is COc1ccc(C=NN2CN([C@@H](CC(N)=O)C(=O)O)P(Nc3ncccn3)N=C2N)cc1OC. The number of hydrogen-bond acceptors (Lipinski definition) is 12. The number of aromatic nitrogens is 2. The van der Waals surface area contributed by atoms with E-state index in [1.807, 2.05) is 0 Å². The van der Waals surface area contributed by atoms with Gasteiger partial charge in [-0.05, 0) is 29.8 Å². The first-order chi connectivity index (χ1) is 16.3. The summed E-state index contributed by atoms with van der Waals surface area (Å²) in [6.07, 6.45) is 4.11. The molecule has 0 aliphatic carbocycles. The maximum atomic E-state index is 12.0. The van der Waals surface area contributed by atoms with Gasteiger partial charge in [0.15, 0.2) is 11.5 Å². The van der Waals surface area contributed by atoms with Crippen molar-refractivity contribution in [1.29, 1.82) is 0 Å². The number of benzene rings is 1. The molecule has 180 valence electrons. The Labute approximate surface area is 196 Å². The molecule has 1 aromatic carbocycles. The average molecular weight is 489 g/mol. The molecule has 15 heteroatoms. The zero-order valence-corrected chi connectivity index (χ0v) is 19.3. The number of amides is 1. The van der Waals surface area contributed by atoms with Crippen LogP contribution in [-0.4, -0.2) is 75.7 Å². The first kappa shape index (κ1) is 24.6. The van der Waals surface area contributed by atoms with Crippen molar-refractivity contribution in [3.63, 3.8) is 0 Å². The number of hydrogen-bond donors (Lipinski definition) is 4. The van der Waals surface area contributed by atoms with E-state index in [0.717, 1.165) is 0 Å². The summed E-state index contributed by atoms with van der Waals surface area (Å²) in [6, 6.07) is 5.54. The standard InChI is InChI=1S/C19H24N9O5P/c1-32-14-5-4-12(8-15(14)33-2)10-24-27-11-28(13(17(30)31)9-16(20)29)34(25-18(27)21)26-19-22-6-3-7-23-19/h3-8,10,13H,9,11H2,1-2H3,(H2,20,29)(H2,21,25)(H,30,31)(H,22,23,26)/t13-,34?/m0/s1. The number of aliphatic carboxylic acids is 1. The highest BCUT2D eigenvalue weighted by molar-refractivity contribution is 7.55. The molecule has 14 nitrogen and oxygen atoms in total. The van der Waals surface area contributed by atoms with E-state index in [-0.39, 0.29) is 18.6 Å². The Kier molecular flexibility index (Phi) is 8.11. The van der Waals surface area contributed by atoms with E-state index in [2.05, 4.69) is 24.9 Å². The maximum absolute atomic E-state index is 12.0. The minimum absolute atomic E-state index is 0.0331. The lowest BCUT2D eigenvalue weighted by molar-refractivity contribution is -0.143. The molecule has 3 rings (SSSR count). The van der Waals surface area contributed by atoms with Crippen LogP contribution in [0.15, 0.2) is 46.5 Å². The molecule has 0 spiro atoms.